The lowest BCUT2D eigenvalue weighted by molar-refractivity contribution is 0.414. The number of allylic oxidation sites excluding steroid dienone is 2. The van der Waals surface area contributed by atoms with Crippen LogP contribution >= 0.6 is 0 Å². The minimum absolute atomic E-state index is 0.952. The lowest BCUT2D eigenvalue weighted by Crippen LogP contribution is -1.90. The molecule has 0 saturated carbocycles. The molecule has 0 aliphatic carbocycles. The lowest BCUT2D eigenvalue weighted by Gasteiger charge is -2.10. The fraction of sp³-hybridized carbons (Fsp3) is 0.474. The van der Waals surface area contributed by atoms with E-state index in [0.29, 0.717) is 0 Å². The first-order chi connectivity index (χ1) is 9.71. The molecule has 0 saturated heterocycles. The molecular weight excluding hydrogens is 244 g/mol. The van der Waals surface area contributed by atoms with Crippen molar-refractivity contribution < 1.29 is 4.74 Å². The summed E-state index contributed by atoms with van der Waals surface area (Å²) < 4.78 is 5.43. The number of benzene rings is 1. The number of ether oxygens (including phenoxy) is 1. The molecule has 0 amide bonds. The van der Waals surface area contributed by atoms with Crippen LogP contribution in [0.15, 0.2) is 42.0 Å². The van der Waals surface area contributed by atoms with Gasteiger partial charge in [0, 0.05) is 5.56 Å². The minimum Gasteiger partial charge on any atom is -0.496 e. The Morgan fingerprint density at radius 1 is 1.05 bits per heavy atom. The molecule has 0 aliphatic rings. The van der Waals surface area contributed by atoms with Crippen LogP contribution < -0.4 is 4.74 Å². The molecule has 20 heavy (non-hydrogen) atoms. The smallest absolute Gasteiger partial charge is 0.126 e. The maximum Gasteiger partial charge on any atom is 0.126 e. The number of hydrogen-bond donors (Lipinski definition) is 0. The van der Waals surface area contributed by atoms with Crippen LogP contribution in [0.2, 0.25) is 0 Å². The van der Waals surface area contributed by atoms with E-state index in [0.717, 1.165) is 31.4 Å². The van der Waals surface area contributed by atoms with Crippen LogP contribution in [0.1, 0.15) is 57.9 Å². The summed E-state index contributed by atoms with van der Waals surface area (Å²) in [5.41, 5.74) is 4.04. The van der Waals surface area contributed by atoms with Crippen molar-refractivity contribution in [3.05, 3.63) is 47.6 Å². The summed E-state index contributed by atoms with van der Waals surface area (Å²) in [5, 5.41) is 0. The molecule has 0 atom stereocenters. The first-order valence-electron chi connectivity index (χ1n) is 7.70. The van der Waals surface area contributed by atoms with Crippen molar-refractivity contribution in [2.45, 2.75) is 52.4 Å². The average Bonchev–Trinajstić information content (AvgIpc) is 2.46. The van der Waals surface area contributed by atoms with Crippen molar-refractivity contribution in [3.8, 4) is 5.75 Å². The summed E-state index contributed by atoms with van der Waals surface area (Å²) >= 11 is 0. The molecule has 0 spiro atoms. The Morgan fingerprint density at radius 2 is 1.75 bits per heavy atom. The summed E-state index contributed by atoms with van der Waals surface area (Å²) in [4.78, 5) is 0. The van der Waals surface area contributed by atoms with Crippen LogP contribution in [0.25, 0.3) is 6.08 Å². The summed E-state index contributed by atoms with van der Waals surface area (Å²) in [7, 11) is 1.73. The van der Waals surface area contributed by atoms with Crippen LogP contribution in [0.3, 0.4) is 0 Å². The molecule has 1 aromatic carbocycles. The minimum atomic E-state index is 0.952. The molecule has 1 aromatic rings. The molecule has 0 bridgehead atoms. The third-order valence-electron chi connectivity index (χ3n) is 3.47. The van der Waals surface area contributed by atoms with E-state index in [1.54, 1.807) is 7.11 Å². The standard InChI is InChI=1S/C19H28O/c1-5-9-16(3)13-14-17(10-6-2)15-18-11-7-8-12-19(18)20-4/h7-8,11-12,15H,3,5-6,9-10,13-14H2,1-2,4H3. The van der Waals surface area contributed by atoms with Gasteiger partial charge in [-0.15, -0.1) is 0 Å². The fourth-order valence-corrected chi connectivity index (χ4v) is 2.41. The molecule has 0 aromatic heterocycles. The first kappa shape index (κ1) is 16.6. The maximum atomic E-state index is 5.43. The van der Waals surface area contributed by atoms with Gasteiger partial charge in [-0.3, -0.25) is 0 Å². The predicted octanol–water partition coefficient (Wildman–Crippen LogP) is 6.02. The largest absolute Gasteiger partial charge is 0.496 e. The molecule has 0 fully saturated rings. The van der Waals surface area contributed by atoms with Gasteiger partial charge in [-0.05, 0) is 31.7 Å². The highest BCUT2D eigenvalue weighted by Gasteiger charge is 2.03. The Balaban J connectivity index is 2.78. The normalized spacial score (nSPS) is 11.4. The Bertz CT molecular complexity index is 443. The molecule has 0 aliphatic heterocycles. The first-order valence-corrected chi connectivity index (χ1v) is 7.70. The Morgan fingerprint density at radius 3 is 2.40 bits per heavy atom. The zero-order chi connectivity index (χ0) is 14.8. The lowest BCUT2D eigenvalue weighted by atomic mass is 9.97. The summed E-state index contributed by atoms with van der Waals surface area (Å²) in [6, 6.07) is 8.22. The van der Waals surface area contributed by atoms with Gasteiger partial charge < -0.3 is 4.74 Å². The number of hydrogen-bond acceptors (Lipinski definition) is 1. The summed E-state index contributed by atoms with van der Waals surface area (Å²) in [5.74, 6) is 0.952. The Kier molecular flexibility index (Phi) is 7.79. The third-order valence-corrected chi connectivity index (χ3v) is 3.47. The van der Waals surface area contributed by atoms with Gasteiger partial charge in [-0.25, -0.2) is 0 Å². The topological polar surface area (TPSA) is 9.23 Å². The van der Waals surface area contributed by atoms with Gasteiger partial charge in [0.05, 0.1) is 7.11 Å². The van der Waals surface area contributed by atoms with Crippen molar-refractivity contribution in [2.75, 3.05) is 7.11 Å². The van der Waals surface area contributed by atoms with Gasteiger partial charge in [0.25, 0.3) is 0 Å². The summed E-state index contributed by atoms with van der Waals surface area (Å²) in [6.07, 6.45) is 9.19. The van der Waals surface area contributed by atoms with E-state index >= 15 is 0 Å². The van der Waals surface area contributed by atoms with Gasteiger partial charge >= 0.3 is 0 Å². The van der Waals surface area contributed by atoms with Gasteiger partial charge in [0.1, 0.15) is 5.75 Å². The van der Waals surface area contributed by atoms with Crippen molar-refractivity contribution in [1.82, 2.24) is 0 Å². The predicted molar refractivity (Wildman–Crippen MR) is 89.2 cm³/mol. The van der Waals surface area contributed by atoms with E-state index in [-0.39, 0.29) is 0 Å². The van der Waals surface area contributed by atoms with Crippen molar-refractivity contribution >= 4 is 6.08 Å². The molecule has 0 N–H and O–H groups in total. The molecule has 0 unspecified atom stereocenters. The Hall–Kier alpha value is -1.50. The van der Waals surface area contributed by atoms with Gasteiger partial charge in [0.2, 0.25) is 0 Å². The van der Waals surface area contributed by atoms with Crippen LogP contribution in [-0.2, 0) is 0 Å². The van der Waals surface area contributed by atoms with Crippen molar-refractivity contribution in [2.24, 2.45) is 0 Å². The van der Waals surface area contributed by atoms with E-state index in [9.17, 15) is 0 Å². The van der Waals surface area contributed by atoms with Crippen molar-refractivity contribution in [1.29, 1.82) is 0 Å². The highest BCUT2D eigenvalue weighted by molar-refractivity contribution is 5.59. The second-order valence-corrected chi connectivity index (χ2v) is 5.29. The van der Waals surface area contributed by atoms with Crippen LogP contribution in [-0.4, -0.2) is 7.11 Å². The molecule has 0 heterocycles. The Labute approximate surface area is 124 Å². The second kappa shape index (κ2) is 9.41. The van der Waals surface area contributed by atoms with E-state index < -0.39 is 0 Å². The zero-order valence-electron chi connectivity index (χ0n) is 13.2. The van der Waals surface area contributed by atoms with E-state index in [1.807, 2.05) is 12.1 Å². The second-order valence-electron chi connectivity index (χ2n) is 5.29. The van der Waals surface area contributed by atoms with Crippen molar-refractivity contribution in [3.63, 3.8) is 0 Å². The van der Waals surface area contributed by atoms with Gasteiger partial charge in [-0.2, -0.15) is 0 Å². The zero-order valence-corrected chi connectivity index (χ0v) is 13.2. The van der Waals surface area contributed by atoms with Gasteiger partial charge in [-0.1, -0.05) is 68.7 Å². The molecule has 110 valence electrons. The van der Waals surface area contributed by atoms with Crippen LogP contribution in [0.5, 0.6) is 5.75 Å². The molecule has 1 rings (SSSR count). The molecule has 0 radical (unpaired) electrons. The fourth-order valence-electron chi connectivity index (χ4n) is 2.41. The summed E-state index contributed by atoms with van der Waals surface area (Å²) in [6.45, 7) is 8.61. The molecular formula is C19H28O. The highest BCUT2D eigenvalue weighted by atomic mass is 16.5. The highest BCUT2D eigenvalue weighted by Crippen LogP contribution is 2.25. The van der Waals surface area contributed by atoms with Crippen LogP contribution in [0.4, 0.5) is 0 Å². The number of rotatable bonds is 9. The SMILES string of the molecule is C=C(CCC)CCC(=Cc1ccccc1OC)CCC. The quantitative estimate of drug-likeness (QED) is 0.500. The number of para-hydroxylation sites is 1. The van der Waals surface area contributed by atoms with Crippen LogP contribution in [0, 0.1) is 0 Å². The molecule has 1 heteroatoms. The van der Waals surface area contributed by atoms with E-state index in [4.69, 9.17) is 4.74 Å². The monoisotopic (exact) mass is 272 g/mol. The number of methoxy groups -OCH3 is 1. The maximum absolute atomic E-state index is 5.43. The van der Waals surface area contributed by atoms with Gasteiger partial charge in [0.15, 0.2) is 0 Å². The average molecular weight is 272 g/mol. The van der Waals surface area contributed by atoms with E-state index in [2.05, 4.69) is 38.6 Å². The van der Waals surface area contributed by atoms with E-state index in [1.165, 1.54) is 29.6 Å². The molecule has 1 nitrogen and oxygen atoms in total. The third kappa shape index (κ3) is 5.64.